The van der Waals surface area contributed by atoms with Crippen molar-refractivity contribution in [2.75, 3.05) is 13.2 Å². The first-order chi connectivity index (χ1) is 9.74. The van der Waals surface area contributed by atoms with E-state index in [1.165, 1.54) is 12.8 Å². The minimum atomic E-state index is -0.397. The molecule has 0 heterocycles. The van der Waals surface area contributed by atoms with E-state index in [1.807, 2.05) is 18.2 Å². The molecular formula is C16H21NO3. The predicted octanol–water partition coefficient (Wildman–Crippen LogP) is 1.96. The average molecular weight is 275 g/mol. The third-order valence-electron chi connectivity index (χ3n) is 4.08. The molecule has 4 nitrogen and oxygen atoms in total. The predicted molar refractivity (Wildman–Crippen MR) is 75.6 cm³/mol. The number of nitrogens with one attached hydrogen (secondary N) is 1. The van der Waals surface area contributed by atoms with Crippen molar-refractivity contribution in [3.63, 3.8) is 0 Å². The van der Waals surface area contributed by atoms with Gasteiger partial charge in [-0.15, -0.1) is 0 Å². The summed E-state index contributed by atoms with van der Waals surface area (Å²) in [5.41, 5.74) is 2.01. The van der Waals surface area contributed by atoms with Gasteiger partial charge in [-0.2, -0.15) is 0 Å². The number of ether oxygens (including phenoxy) is 1. The van der Waals surface area contributed by atoms with Crippen molar-refractivity contribution >= 4 is 5.91 Å². The van der Waals surface area contributed by atoms with Crippen LogP contribution >= 0.6 is 0 Å². The van der Waals surface area contributed by atoms with Crippen molar-refractivity contribution in [3.05, 3.63) is 29.3 Å². The number of rotatable bonds is 5. The lowest BCUT2D eigenvalue weighted by Crippen LogP contribution is -2.30. The van der Waals surface area contributed by atoms with Gasteiger partial charge in [0.1, 0.15) is 5.75 Å². The fraction of sp³-hybridized carbons (Fsp3) is 0.562. The zero-order valence-electron chi connectivity index (χ0n) is 11.6. The number of hydrogen-bond acceptors (Lipinski definition) is 3. The maximum Gasteiger partial charge on any atom is 0.257 e. The van der Waals surface area contributed by atoms with Crippen molar-refractivity contribution in [3.8, 4) is 5.75 Å². The summed E-state index contributed by atoms with van der Waals surface area (Å²) in [6, 6.07) is 5.70. The molecule has 0 radical (unpaired) electrons. The zero-order valence-corrected chi connectivity index (χ0v) is 11.6. The molecule has 1 amide bonds. The molecule has 2 aliphatic rings. The standard InChI is InChI=1S/C16H21NO3/c18-14-5-1-4-13-12(14)3-2-6-15(13)20-10-16(19)17-9-11-7-8-11/h2-3,6,11,14,18H,1,4-5,7-10H2,(H,17,19). The van der Waals surface area contributed by atoms with Gasteiger partial charge in [-0.25, -0.2) is 0 Å². The lowest BCUT2D eigenvalue weighted by Gasteiger charge is -2.23. The van der Waals surface area contributed by atoms with Crippen LogP contribution in [0.5, 0.6) is 5.75 Å². The number of carbonyl (C=O) groups is 1. The second-order valence-corrected chi connectivity index (χ2v) is 5.77. The maximum absolute atomic E-state index is 11.7. The highest BCUT2D eigenvalue weighted by atomic mass is 16.5. The molecule has 2 N–H and O–H groups in total. The minimum Gasteiger partial charge on any atom is -0.483 e. The molecule has 1 unspecified atom stereocenters. The van der Waals surface area contributed by atoms with E-state index in [-0.39, 0.29) is 12.5 Å². The smallest absolute Gasteiger partial charge is 0.257 e. The second-order valence-electron chi connectivity index (χ2n) is 5.77. The molecule has 0 aliphatic heterocycles. The lowest BCUT2D eigenvalue weighted by molar-refractivity contribution is -0.123. The van der Waals surface area contributed by atoms with Crippen molar-refractivity contribution in [1.82, 2.24) is 5.32 Å². The molecule has 2 aliphatic carbocycles. The van der Waals surface area contributed by atoms with Crippen LogP contribution in [0.25, 0.3) is 0 Å². The first-order valence-corrected chi connectivity index (χ1v) is 7.43. The van der Waals surface area contributed by atoms with Crippen LogP contribution in [0.3, 0.4) is 0 Å². The molecule has 1 saturated carbocycles. The number of aliphatic hydroxyl groups excluding tert-OH is 1. The summed E-state index contributed by atoms with van der Waals surface area (Å²) in [4.78, 5) is 11.7. The summed E-state index contributed by atoms with van der Waals surface area (Å²) < 4.78 is 5.64. The summed E-state index contributed by atoms with van der Waals surface area (Å²) in [5.74, 6) is 1.35. The molecule has 1 aromatic rings. The fourth-order valence-electron chi connectivity index (χ4n) is 2.70. The Labute approximate surface area is 119 Å². The van der Waals surface area contributed by atoms with Gasteiger partial charge in [0.05, 0.1) is 6.10 Å². The van der Waals surface area contributed by atoms with Crippen LogP contribution in [0.1, 0.15) is 42.9 Å². The minimum absolute atomic E-state index is 0.0548. The molecule has 0 aromatic heterocycles. The molecular weight excluding hydrogens is 254 g/mol. The quantitative estimate of drug-likeness (QED) is 0.863. The number of hydrogen-bond donors (Lipinski definition) is 2. The molecule has 0 saturated heterocycles. The summed E-state index contributed by atoms with van der Waals surface area (Å²) in [7, 11) is 0. The topological polar surface area (TPSA) is 58.6 Å². The van der Waals surface area contributed by atoms with Crippen molar-refractivity contribution in [2.24, 2.45) is 5.92 Å². The number of benzene rings is 1. The van der Waals surface area contributed by atoms with Crippen LogP contribution in [0, 0.1) is 5.92 Å². The first-order valence-electron chi connectivity index (χ1n) is 7.43. The van der Waals surface area contributed by atoms with Crippen molar-refractivity contribution < 1.29 is 14.6 Å². The van der Waals surface area contributed by atoms with E-state index in [0.29, 0.717) is 5.92 Å². The van der Waals surface area contributed by atoms with Crippen LogP contribution < -0.4 is 10.1 Å². The highest BCUT2D eigenvalue weighted by Gasteiger charge is 2.23. The summed E-state index contributed by atoms with van der Waals surface area (Å²) in [6.07, 6.45) is 4.73. The van der Waals surface area contributed by atoms with Gasteiger partial charge in [-0.3, -0.25) is 4.79 Å². The Balaban J connectivity index is 1.59. The van der Waals surface area contributed by atoms with Gasteiger partial charge in [0.2, 0.25) is 0 Å². The molecule has 1 atom stereocenters. The number of aliphatic hydroxyl groups is 1. The van der Waals surface area contributed by atoms with Gasteiger partial charge in [-0.1, -0.05) is 12.1 Å². The first kappa shape index (κ1) is 13.4. The van der Waals surface area contributed by atoms with Crippen LogP contribution in [-0.4, -0.2) is 24.2 Å². The van der Waals surface area contributed by atoms with Gasteiger partial charge in [0.25, 0.3) is 5.91 Å². The van der Waals surface area contributed by atoms with Gasteiger partial charge in [0, 0.05) is 6.54 Å². The average Bonchev–Trinajstić information content (AvgIpc) is 3.27. The second kappa shape index (κ2) is 5.83. The lowest BCUT2D eigenvalue weighted by atomic mass is 9.89. The van der Waals surface area contributed by atoms with Gasteiger partial charge >= 0.3 is 0 Å². The van der Waals surface area contributed by atoms with Crippen molar-refractivity contribution in [2.45, 2.75) is 38.2 Å². The van der Waals surface area contributed by atoms with Gasteiger partial charge in [0.15, 0.2) is 6.61 Å². The Morgan fingerprint density at radius 2 is 2.20 bits per heavy atom. The van der Waals surface area contributed by atoms with Gasteiger partial charge in [-0.05, 0) is 55.2 Å². The van der Waals surface area contributed by atoms with Crippen LogP contribution in [0.4, 0.5) is 0 Å². The fourth-order valence-corrected chi connectivity index (χ4v) is 2.70. The molecule has 1 fully saturated rings. The van der Waals surface area contributed by atoms with Crippen molar-refractivity contribution in [1.29, 1.82) is 0 Å². The monoisotopic (exact) mass is 275 g/mol. The highest BCUT2D eigenvalue weighted by molar-refractivity contribution is 5.77. The van der Waals surface area contributed by atoms with E-state index in [1.54, 1.807) is 0 Å². The Bertz CT molecular complexity index is 496. The summed E-state index contributed by atoms with van der Waals surface area (Å²) >= 11 is 0. The summed E-state index contributed by atoms with van der Waals surface area (Å²) in [6.45, 7) is 0.826. The Morgan fingerprint density at radius 3 is 3.00 bits per heavy atom. The molecule has 0 spiro atoms. The van der Waals surface area contributed by atoms with E-state index < -0.39 is 6.10 Å². The highest BCUT2D eigenvalue weighted by Crippen LogP contribution is 2.35. The van der Waals surface area contributed by atoms with E-state index in [0.717, 1.165) is 42.7 Å². The van der Waals surface area contributed by atoms with E-state index >= 15 is 0 Å². The number of carbonyl (C=O) groups excluding carboxylic acids is 1. The van der Waals surface area contributed by atoms with E-state index in [4.69, 9.17) is 4.74 Å². The molecule has 20 heavy (non-hydrogen) atoms. The summed E-state index contributed by atoms with van der Waals surface area (Å²) in [5, 5.41) is 12.9. The van der Waals surface area contributed by atoms with Crippen LogP contribution in [-0.2, 0) is 11.2 Å². The molecule has 0 bridgehead atoms. The maximum atomic E-state index is 11.7. The molecule has 4 heteroatoms. The van der Waals surface area contributed by atoms with E-state index in [2.05, 4.69) is 5.32 Å². The van der Waals surface area contributed by atoms with Crippen LogP contribution in [0.15, 0.2) is 18.2 Å². The molecule has 3 rings (SSSR count). The third-order valence-corrected chi connectivity index (χ3v) is 4.08. The Morgan fingerprint density at radius 1 is 1.35 bits per heavy atom. The molecule has 108 valence electrons. The zero-order chi connectivity index (χ0) is 13.9. The Kier molecular flexibility index (Phi) is 3.92. The number of fused-ring (bicyclic) bond motifs is 1. The largest absolute Gasteiger partial charge is 0.483 e. The SMILES string of the molecule is O=C(COc1cccc2c1CCCC2O)NCC1CC1. The normalized spacial score (nSPS) is 21.1. The molecule has 1 aromatic carbocycles. The number of amides is 1. The van der Waals surface area contributed by atoms with Crippen LogP contribution in [0.2, 0.25) is 0 Å². The third kappa shape index (κ3) is 3.12. The Hall–Kier alpha value is -1.55. The van der Waals surface area contributed by atoms with Gasteiger partial charge < -0.3 is 15.2 Å². The van der Waals surface area contributed by atoms with E-state index in [9.17, 15) is 9.90 Å².